The summed E-state index contributed by atoms with van der Waals surface area (Å²) in [6.07, 6.45) is 1.42. The lowest BCUT2D eigenvalue weighted by Crippen LogP contribution is -2.24. The van der Waals surface area contributed by atoms with Crippen LogP contribution < -0.4 is 5.32 Å². The average Bonchev–Trinajstić information content (AvgIpc) is 3.15. The maximum Gasteiger partial charge on any atom is 0.246 e. The third-order valence-corrected chi connectivity index (χ3v) is 5.36. The molecular formula is C28H27N3O. The minimum atomic E-state index is -0.158. The maximum absolute atomic E-state index is 12.2. The normalized spacial score (nSPS) is 10.7. The summed E-state index contributed by atoms with van der Waals surface area (Å²) in [6.45, 7) is 5.81. The number of benzene rings is 3. The highest BCUT2D eigenvalue weighted by Gasteiger charge is 2.20. The van der Waals surface area contributed by atoms with Crippen LogP contribution in [0.4, 0.5) is 0 Å². The molecule has 0 aliphatic heterocycles. The van der Waals surface area contributed by atoms with Gasteiger partial charge < -0.3 is 5.32 Å². The quantitative estimate of drug-likeness (QED) is 0.395. The molecule has 160 valence electrons. The number of rotatable bonds is 8. The van der Waals surface area contributed by atoms with E-state index in [0.717, 1.165) is 29.3 Å². The van der Waals surface area contributed by atoms with Crippen LogP contribution in [0, 0.1) is 0 Å². The molecule has 4 nitrogen and oxygen atoms in total. The van der Waals surface area contributed by atoms with E-state index in [0.29, 0.717) is 18.5 Å². The summed E-state index contributed by atoms with van der Waals surface area (Å²) in [5, 5.41) is 2.97. The van der Waals surface area contributed by atoms with Gasteiger partial charge in [-0.3, -0.25) is 9.36 Å². The van der Waals surface area contributed by atoms with Crippen molar-refractivity contribution in [3.8, 4) is 5.69 Å². The van der Waals surface area contributed by atoms with Crippen LogP contribution in [0.25, 0.3) is 5.69 Å². The molecule has 4 aromatic rings. The Balaban J connectivity index is 1.81. The number of amides is 1. The Labute approximate surface area is 189 Å². The van der Waals surface area contributed by atoms with Crippen LogP contribution in [-0.2, 0) is 24.2 Å². The molecule has 0 spiro atoms. The summed E-state index contributed by atoms with van der Waals surface area (Å²) in [5.41, 5.74) is 5.89. The van der Waals surface area contributed by atoms with Crippen molar-refractivity contribution in [2.75, 3.05) is 0 Å². The molecule has 0 unspecified atom stereocenters. The molecule has 4 heteroatoms. The summed E-state index contributed by atoms with van der Waals surface area (Å²) >= 11 is 0. The number of imidazole rings is 1. The van der Waals surface area contributed by atoms with Crippen molar-refractivity contribution in [2.24, 2.45) is 0 Å². The van der Waals surface area contributed by atoms with Crippen molar-refractivity contribution in [2.45, 2.75) is 26.3 Å². The standard InChI is InChI=1S/C28H27N3O/c1-21(2)28(32)29-20-25-26(18-22-12-6-3-7-13-22)31(24-16-10-5-11-17-24)27(30-25)19-23-14-8-4-9-15-23/h3-17H,1,18-20H2,2H3,(H,29,32). The molecule has 4 rings (SSSR count). The minimum Gasteiger partial charge on any atom is -0.347 e. The van der Waals surface area contributed by atoms with Crippen LogP contribution in [0.1, 0.15) is 35.3 Å². The number of nitrogens with zero attached hydrogens (tertiary/aromatic N) is 2. The zero-order chi connectivity index (χ0) is 22.3. The molecule has 0 aliphatic rings. The van der Waals surface area contributed by atoms with Crippen molar-refractivity contribution in [3.05, 3.63) is 131 Å². The monoisotopic (exact) mass is 421 g/mol. The summed E-state index contributed by atoms with van der Waals surface area (Å²) in [7, 11) is 0. The molecule has 0 fully saturated rings. The van der Waals surface area contributed by atoms with Crippen molar-refractivity contribution in [1.29, 1.82) is 0 Å². The summed E-state index contributed by atoms with van der Waals surface area (Å²) in [5.74, 6) is 0.794. The Hall–Kier alpha value is -3.92. The third-order valence-electron chi connectivity index (χ3n) is 5.36. The molecule has 1 N–H and O–H groups in total. The SMILES string of the molecule is C=C(C)C(=O)NCc1nc(Cc2ccccc2)n(-c2ccccc2)c1Cc1ccccc1. The first-order chi connectivity index (χ1) is 15.6. The van der Waals surface area contributed by atoms with Crippen molar-refractivity contribution >= 4 is 5.91 Å². The van der Waals surface area contributed by atoms with E-state index < -0.39 is 0 Å². The fourth-order valence-electron chi connectivity index (χ4n) is 3.76. The van der Waals surface area contributed by atoms with Gasteiger partial charge in [0.05, 0.1) is 17.9 Å². The molecule has 1 aromatic heterocycles. The Kier molecular flexibility index (Phi) is 6.61. The predicted octanol–water partition coefficient (Wildman–Crippen LogP) is 5.25. The Morgan fingerprint density at radius 3 is 1.94 bits per heavy atom. The number of para-hydroxylation sites is 1. The molecule has 0 saturated carbocycles. The molecule has 0 aliphatic carbocycles. The largest absolute Gasteiger partial charge is 0.347 e. The highest BCUT2D eigenvalue weighted by Crippen LogP contribution is 2.24. The second-order valence-electron chi connectivity index (χ2n) is 7.88. The molecule has 0 bridgehead atoms. The van der Waals surface area contributed by atoms with Crippen LogP contribution in [-0.4, -0.2) is 15.5 Å². The summed E-state index contributed by atoms with van der Waals surface area (Å²) in [6, 6.07) is 31.0. The summed E-state index contributed by atoms with van der Waals surface area (Å²) < 4.78 is 2.24. The summed E-state index contributed by atoms with van der Waals surface area (Å²) in [4.78, 5) is 17.2. The molecule has 1 heterocycles. The van der Waals surface area contributed by atoms with Crippen LogP contribution in [0.15, 0.2) is 103 Å². The zero-order valence-electron chi connectivity index (χ0n) is 18.3. The molecule has 0 saturated heterocycles. The van der Waals surface area contributed by atoms with E-state index in [2.05, 4.69) is 52.9 Å². The average molecular weight is 422 g/mol. The van der Waals surface area contributed by atoms with E-state index >= 15 is 0 Å². The van der Waals surface area contributed by atoms with Crippen LogP contribution >= 0.6 is 0 Å². The van der Waals surface area contributed by atoms with Gasteiger partial charge in [-0.1, -0.05) is 85.4 Å². The molecule has 32 heavy (non-hydrogen) atoms. The zero-order valence-corrected chi connectivity index (χ0v) is 18.3. The highest BCUT2D eigenvalue weighted by molar-refractivity contribution is 5.92. The number of hydrogen-bond acceptors (Lipinski definition) is 2. The number of carbonyl (C=O) groups excluding carboxylic acids is 1. The van der Waals surface area contributed by atoms with Gasteiger partial charge in [0.2, 0.25) is 5.91 Å². The first kappa shape index (κ1) is 21.3. The van der Waals surface area contributed by atoms with Gasteiger partial charge in [0.25, 0.3) is 0 Å². The van der Waals surface area contributed by atoms with Crippen molar-refractivity contribution in [3.63, 3.8) is 0 Å². The molecule has 0 radical (unpaired) electrons. The van der Waals surface area contributed by atoms with Crippen LogP contribution in [0.2, 0.25) is 0 Å². The topological polar surface area (TPSA) is 46.9 Å². The smallest absolute Gasteiger partial charge is 0.246 e. The lowest BCUT2D eigenvalue weighted by molar-refractivity contribution is -0.117. The van der Waals surface area contributed by atoms with E-state index in [-0.39, 0.29) is 5.91 Å². The minimum absolute atomic E-state index is 0.158. The van der Waals surface area contributed by atoms with Gasteiger partial charge in [-0.2, -0.15) is 0 Å². The third kappa shape index (κ3) is 5.03. The lowest BCUT2D eigenvalue weighted by atomic mass is 10.1. The fourth-order valence-corrected chi connectivity index (χ4v) is 3.76. The van der Waals surface area contributed by atoms with E-state index in [9.17, 15) is 4.79 Å². The van der Waals surface area contributed by atoms with Gasteiger partial charge in [-0.25, -0.2) is 4.98 Å². The number of carbonyl (C=O) groups is 1. The van der Waals surface area contributed by atoms with Gasteiger partial charge in [0.1, 0.15) is 5.82 Å². The molecular weight excluding hydrogens is 394 g/mol. The van der Waals surface area contributed by atoms with Gasteiger partial charge in [0.15, 0.2) is 0 Å². The van der Waals surface area contributed by atoms with Crippen molar-refractivity contribution < 1.29 is 4.79 Å². The lowest BCUT2D eigenvalue weighted by Gasteiger charge is -2.14. The van der Waals surface area contributed by atoms with Gasteiger partial charge in [0, 0.05) is 24.1 Å². The Bertz CT molecular complexity index is 1200. The predicted molar refractivity (Wildman–Crippen MR) is 129 cm³/mol. The van der Waals surface area contributed by atoms with Gasteiger partial charge in [-0.05, 0) is 30.2 Å². The van der Waals surface area contributed by atoms with E-state index in [4.69, 9.17) is 4.98 Å². The maximum atomic E-state index is 12.2. The second-order valence-corrected chi connectivity index (χ2v) is 7.88. The molecule has 3 aromatic carbocycles. The van der Waals surface area contributed by atoms with Gasteiger partial charge >= 0.3 is 0 Å². The fraction of sp³-hybridized carbons (Fsp3) is 0.143. The van der Waals surface area contributed by atoms with E-state index in [1.807, 2.05) is 54.6 Å². The molecule has 0 atom stereocenters. The first-order valence-corrected chi connectivity index (χ1v) is 10.8. The first-order valence-electron chi connectivity index (χ1n) is 10.8. The van der Waals surface area contributed by atoms with Crippen LogP contribution in [0.5, 0.6) is 0 Å². The van der Waals surface area contributed by atoms with Crippen LogP contribution in [0.3, 0.4) is 0 Å². The second kappa shape index (κ2) is 9.92. The number of aromatic nitrogens is 2. The number of nitrogens with one attached hydrogen (secondary N) is 1. The van der Waals surface area contributed by atoms with E-state index in [1.165, 1.54) is 11.1 Å². The Morgan fingerprint density at radius 2 is 1.38 bits per heavy atom. The van der Waals surface area contributed by atoms with Crippen molar-refractivity contribution in [1.82, 2.24) is 14.9 Å². The Morgan fingerprint density at radius 1 is 0.844 bits per heavy atom. The number of hydrogen-bond donors (Lipinski definition) is 1. The molecule has 1 amide bonds. The van der Waals surface area contributed by atoms with Gasteiger partial charge in [-0.15, -0.1) is 0 Å². The van der Waals surface area contributed by atoms with E-state index in [1.54, 1.807) is 6.92 Å². The highest BCUT2D eigenvalue weighted by atomic mass is 16.1.